The van der Waals surface area contributed by atoms with E-state index in [0.717, 1.165) is 0 Å². The van der Waals surface area contributed by atoms with Gasteiger partial charge in [-0.1, -0.05) is 0 Å². The van der Waals surface area contributed by atoms with Gasteiger partial charge in [-0.3, -0.25) is 0 Å². The van der Waals surface area contributed by atoms with Gasteiger partial charge in [-0.05, 0) is 29.7 Å². The van der Waals surface area contributed by atoms with Gasteiger partial charge in [0.05, 0.1) is 0 Å². The number of rotatable bonds is 4. The molecule has 5 heteroatoms. The van der Waals surface area contributed by atoms with Crippen LogP contribution in [0.5, 0.6) is 5.06 Å². The number of hydrogen-bond acceptors (Lipinski definition) is 5. The Balaban J connectivity index is 2.41. The highest BCUT2D eigenvalue weighted by atomic mass is 32.1. The minimum Gasteiger partial charge on any atom is -0.414 e. The molecule has 0 spiro atoms. The number of thiol groups is 1. The molecule has 0 radical (unpaired) electrons. The van der Waals surface area contributed by atoms with E-state index in [1.807, 2.05) is 11.4 Å². The fourth-order valence-corrected chi connectivity index (χ4v) is 1.61. The van der Waals surface area contributed by atoms with E-state index < -0.39 is 12.0 Å². The molecule has 0 saturated heterocycles. The van der Waals surface area contributed by atoms with Crippen molar-refractivity contribution in [2.45, 2.75) is 12.5 Å². The predicted molar refractivity (Wildman–Crippen MR) is 56.4 cm³/mol. The summed E-state index contributed by atoms with van der Waals surface area (Å²) in [6, 6.07) is 2.98. The molecule has 0 unspecified atom stereocenters. The third-order valence-electron chi connectivity index (χ3n) is 1.44. The molecule has 0 aliphatic heterocycles. The third kappa shape index (κ3) is 3.38. The molecule has 0 aliphatic rings. The smallest absolute Gasteiger partial charge is 0.329 e. The Morgan fingerprint density at radius 1 is 1.77 bits per heavy atom. The third-order valence-corrected chi connectivity index (χ3v) is 2.44. The minimum atomic E-state index is -0.570. The fraction of sp³-hybridized carbons (Fsp3) is 0.375. The number of ether oxygens (including phenoxy) is 1. The molecule has 3 nitrogen and oxygen atoms in total. The maximum atomic E-state index is 11.2. The van der Waals surface area contributed by atoms with Crippen molar-refractivity contribution in [3.05, 3.63) is 17.5 Å². The SMILES string of the molecule is N[C@H](CCS)C(=O)Oc1cccs1. The second kappa shape index (κ2) is 5.26. The molecule has 0 aliphatic carbocycles. The Hall–Kier alpha value is -0.520. The lowest BCUT2D eigenvalue weighted by molar-refractivity contribution is -0.135. The van der Waals surface area contributed by atoms with Crippen molar-refractivity contribution >= 4 is 29.9 Å². The van der Waals surface area contributed by atoms with E-state index in [9.17, 15) is 4.79 Å². The van der Waals surface area contributed by atoms with E-state index in [2.05, 4.69) is 12.6 Å². The second-order valence-corrected chi connectivity index (χ2v) is 3.83. The van der Waals surface area contributed by atoms with E-state index in [-0.39, 0.29) is 0 Å². The largest absolute Gasteiger partial charge is 0.414 e. The number of esters is 1. The zero-order valence-corrected chi connectivity index (χ0v) is 8.68. The van der Waals surface area contributed by atoms with Crippen LogP contribution in [-0.4, -0.2) is 17.8 Å². The molecule has 1 rings (SSSR count). The van der Waals surface area contributed by atoms with Gasteiger partial charge in [0.1, 0.15) is 6.04 Å². The van der Waals surface area contributed by atoms with Gasteiger partial charge in [-0.2, -0.15) is 12.6 Å². The number of nitrogens with two attached hydrogens (primary N) is 1. The topological polar surface area (TPSA) is 52.3 Å². The molecular weight excluding hydrogens is 206 g/mol. The molecule has 0 saturated carbocycles. The van der Waals surface area contributed by atoms with Gasteiger partial charge in [-0.25, -0.2) is 4.79 Å². The molecular formula is C8H11NO2S2. The van der Waals surface area contributed by atoms with Crippen LogP contribution in [0.1, 0.15) is 6.42 Å². The summed E-state index contributed by atoms with van der Waals surface area (Å²) in [5.74, 6) is 0.192. The van der Waals surface area contributed by atoms with Gasteiger partial charge >= 0.3 is 5.97 Å². The zero-order chi connectivity index (χ0) is 9.68. The summed E-state index contributed by atoms with van der Waals surface area (Å²) in [6.45, 7) is 0. The highest BCUT2D eigenvalue weighted by molar-refractivity contribution is 7.80. The number of hydrogen-bond donors (Lipinski definition) is 2. The lowest BCUT2D eigenvalue weighted by Crippen LogP contribution is -2.34. The van der Waals surface area contributed by atoms with Crippen LogP contribution >= 0.6 is 24.0 Å². The fourth-order valence-electron chi connectivity index (χ4n) is 0.753. The number of carbonyl (C=O) groups is 1. The number of carbonyl (C=O) groups excluding carboxylic acids is 1. The van der Waals surface area contributed by atoms with Gasteiger partial charge in [-0.15, -0.1) is 11.3 Å². The van der Waals surface area contributed by atoms with Gasteiger partial charge < -0.3 is 10.5 Å². The zero-order valence-electron chi connectivity index (χ0n) is 6.97. The summed E-state index contributed by atoms with van der Waals surface area (Å²) in [7, 11) is 0. The van der Waals surface area contributed by atoms with Gasteiger partial charge in [0.2, 0.25) is 0 Å². The molecule has 1 atom stereocenters. The Bertz CT molecular complexity index is 261. The van der Waals surface area contributed by atoms with Crippen LogP contribution in [0.2, 0.25) is 0 Å². The summed E-state index contributed by atoms with van der Waals surface area (Å²) in [5, 5.41) is 2.42. The maximum absolute atomic E-state index is 11.2. The summed E-state index contributed by atoms with van der Waals surface area (Å²) in [4.78, 5) is 11.2. The van der Waals surface area contributed by atoms with Gasteiger partial charge in [0.15, 0.2) is 5.06 Å². The minimum absolute atomic E-state index is 0.392. The normalized spacial score (nSPS) is 12.5. The summed E-state index contributed by atoms with van der Waals surface area (Å²) >= 11 is 5.35. The Morgan fingerprint density at radius 3 is 3.08 bits per heavy atom. The number of thiophene rings is 1. The van der Waals surface area contributed by atoms with E-state index >= 15 is 0 Å². The monoisotopic (exact) mass is 217 g/mol. The van der Waals surface area contributed by atoms with Crippen molar-refractivity contribution < 1.29 is 9.53 Å². The lowest BCUT2D eigenvalue weighted by atomic mass is 10.2. The molecule has 0 amide bonds. The van der Waals surface area contributed by atoms with Crippen LogP contribution in [0, 0.1) is 0 Å². The maximum Gasteiger partial charge on any atom is 0.329 e. The highest BCUT2D eigenvalue weighted by Gasteiger charge is 2.14. The van der Waals surface area contributed by atoms with Crippen molar-refractivity contribution in [2.24, 2.45) is 5.73 Å². The van der Waals surface area contributed by atoms with Crippen LogP contribution in [0.25, 0.3) is 0 Å². The second-order valence-electron chi connectivity index (χ2n) is 2.47. The van der Waals surface area contributed by atoms with E-state index in [0.29, 0.717) is 17.2 Å². The molecule has 13 heavy (non-hydrogen) atoms. The predicted octanol–water partition coefficient (Wildman–Crippen LogP) is 1.30. The molecule has 1 aromatic rings. The van der Waals surface area contributed by atoms with Gasteiger partial charge in [0, 0.05) is 0 Å². The summed E-state index contributed by atoms with van der Waals surface area (Å²) < 4.78 is 4.99. The summed E-state index contributed by atoms with van der Waals surface area (Å²) in [6.07, 6.45) is 0.535. The van der Waals surface area contributed by atoms with Crippen LogP contribution in [0.15, 0.2) is 17.5 Å². The van der Waals surface area contributed by atoms with E-state index in [1.165, 1.54) is 11.3 Å². The summed E-state index contributed by atoms with van der Waals surface area (Å²) in [5.41, 5.74) is 5.53. The molecule has 72 valence electrons. The molecule has 0 aromatic carbocycles. The van der Waals surface area contributed by atoms with Crippen molar-refractivity contribution in [2.75, 3.05) is 5.75 Å². The van der Waals surface area contributed by atoms with Crippen LogP contribution in [-0.2, 0) is 4.79 Å². The average Bonchev–Trinajstić information content (AvgIpc) is 2.57. The van der Waals surface area contributed by atoms with E-state index in [4.69, 9.17) is 10.5 Å². The van der Waals surface area contributed by atoms with Crippen molar-refractivity contribution in [3.8, 4) is 5.06 Å². The molecule has 0 fully saturated rings. The molecule has 2 N–H and O–H groups in total. The van der Waals surface area contributed by atoms with Crippen LogP contribution < -0.4 is 10.5 Å². The van der Waals surface area contributed by atoms with E-state index in [1.54, 1.807) is 6.07 Å². The first-order chi connectivity index (χ1) is 6.24. The average molecular weight is 217 g/mol. The van der Waals surface area contributed by atoms with Crippen LogP contribution in [0.3, 0.4) is 0 Å². The quantitative estimate of drug-likeness (QED) is 0.590. The van der Waals surface area contributed by atoms with Crippen LogP contribution in [0.4, 0.5) is 0 Å². The standard InChI is InChI=1S/C8H11NO2S2/c9-6(3-4-12)8(10)11-7-2-1-5-13-7/h1-2,5-6,12H,3-4,9H2/t6-/m1/s1. The highest BCUT2D eigenvalue weighted by Crippen LogP contribution is 2.18. The molecule has 0 bridgehead atoms. The van der Waals surface area contributed by atoms with Crippen molar-refractivity contribution in [3.63, 3.8) is 0 Å². The van der Waals surface area contributed by atoms with Crippen molar-refractivity contribution in [1.29, 1.82) is 0 Å². The lowest BCUT2D eigenvalue weighted by Gasteiger charge is -2.07. The Morgan fingerprint density at radius 2 is 2.54 bits per heavy atom. The first-order valence-corrected chi connectivity index (χ1v) is 5.37. The molecule has 1 heterocycles. The first-order valence-electron chi connectivity index (χ1n) is 3.85. The Kier molecular flexibility index (Phi) is 4.27. The van der Waals surface area contributed by atoms with Crippen molar-refractivity contribution in [1.82, 2.24) is 0 Å². The molecule has 1 aromatic heterocycles. The first kappa shape index (κ1) is 10.6. The van der Waals surface area contributed by atoms with Gasteiger partial charge in [0.25, 0.3) is 0 Å². The Labute approximate surface area is 86.3 Å².